The van der Waals surface area contributed by atoms with Gasteiger partial charge >= 0.3 is 0 Å². The van der Waals surface area contributed by atoms with E-state index in [1.54, 1.807) is 13.1 Å². The van der Waals surface area contributed by atoms with Crippen molar-refractivity contribution in [3.05, 3.63) is 24.4 Å². The Morgan fingerprint density at radius 3 is 3.24 bits per heavy atom. The van der Waals surface area contributed by atoms with Crippen LogP contribution >= 0.6 is 0 Å². The molecule has 1 unspecified atom stereocenters. The van der Waals surface area contributed by atoms with Crippen molar-refractivity contribution < 1.29 is 9.32 Å². The van der Waals surface area contributed by atoms with Crippen molar-refractivity contribution in [1.82, 2.24) is 20.4 Å². The first-order valence-electron chi connectivity index (χ1n) is 5.65. The first-order valence-corrected chi connectivity index (χ1v) is 5.65. The summed E-state index contributed by atoms with van der Waals surface area (Å²) in [5, 5.41) is 6.95. The van der Waals surface area contributed by atoms with E-state index in [4.69, 9.17) is 4.52 Å². The van der Waals surface area contributed by atoms with E-state index in [9.17, 15) is 4.79 Å². The minimum atomic E-state index is -0.252. The number of hydrogen-bond acceptors (Lipinski definition) is 5. The van der Waals surface area contributed by atoms with E-state index < -0.39 is 0 Å². The molecule has 0 radical (unpaired) electrons. The van der Waals surface area contributed by atoms with Crippen molar-refractivity contribution in [1.29, 1.82) is 0 Å². The fourth-order valence-corrected chi connectivity index (χ4v) is 1.81. The molecule has 92 valence electrons. The molecule has 0 spiro atoms. The Kier molecular flexibility index (Phi) is 3.53. The van der Waals surface area contributed by atoms with Crippen molar-refractivity contribution >= 4 is 5.91 Å². The van der Waals surface area contributed by atoms with Crippen molar-refractivity contribution in [3.8, 4) is 0 Å². The number of carbonyl (C=O) groups excluding carboxylic acids is 1. The summed E-state index contributed by atoms with van der Waals surface area (Å²) >= 11 is 0. The van der Waals surface area contributed by atoms with Gasteiger partial charge in [-0.25, -0.2) is 0 Å². The number of nitrogens with one attached hydrogen (secondary N) is 1. The van der Waals surface area contributed by atoms with Gasteiger partial charge in [-0.15, -0.1) is 6.58 Å². The third-order valence-corrected chi connectivity index (χ3v) is 2.74. The van der Waals surface area contributed by atoms with Crippen LogP contribution in [0.15, 0.2) is 17.2 Å². The van der Waals surface area contributed by atoms with Gasteiger partial charge in [-0.2, -0.15) is 4.98 Å². The fraction of sp³-hybridized carbons (Fsp3) is 0.545. The maximum Gasteiger partial charge on any atom is 0.295 e. The summed E-state index contributed by atoms with van der Waals surface area (Å²) in [6, 6.07) is 0.0914. The normalized spacial score (nSPS) is 19.2. The van der Waals surface area contributed by atoms with Gasteiger partial charge in [0.2, 0.25) is 5.89 Å². The smallest absolute Gasteiger partial charge is 0.295 e. The first-order chi connectivity index (χ1) is 8.22. The lowest BCUT2D eigenvalue weighted by Crippen LogP contribution is -2.27. The predicted octanol–water partition coefficient (Wildman–Crippen LogP) is 0.752. The Hall–Kier alpha value is -1.69. The number of rotatable bonds is 4. The lowest BCUT2D eigenvalue weighted by molar-refractivity contribution is 0.0795. The predicted molar refractivity (Wildman–Crippen MR) is 61.4 cm³/mol. The highest BCUT2D eigenvalue weighted by Crippen LogP contribution is 2.21. The summed E-state index contributed by atoms with van der Waals surface area (Å²) in [5.74, 6) is 0.355. The van der Waals surface area contributed by atoms with Gasteiger partial charge in [0.1, 0.15) is 0 Å². The van der Waals surface area contributed by atoms with E-state index in [1.165, 1.54) is 4.90 Å². The Balaban J connectivity index is 2.06. The topological polar surface area (TPSA) is 71.3 Å². The summed E-state index contributed by atoms with van der Waals surface area (Å²) in [7, 11) is 1.67. The second-order valence-electron chi connectivity index (χ2n) is 4.08. The van der Waals surface area contributed by atoms with Crippen LogP contribution in [0.2, 0.25) is 0 Å². The third kappa shape index (κ3) is 2.52. The van der Waals surface area contributed by atoms with Gasteiger partial charge < -0.3 is 14.7 Å². The summed E-state index contributed by atoms with van der Waals surface area (Å²) in [6.45, 7) is 4.99. The number of hydrogen-bond donors (Lipinski definition) is 1. The number of nitrogens with zero attached hydrogens (tertiary/aromatic N) is 3. The number of aromatic nitrogens is 2. The number of likely N-dealkylation sites (N-methyl/N-ethyl adjacent to an activating group) is 1. The van der Waals surface area contributed by atoms with Crippen LogP contribution < -0.4 is 5.32 Å². The molecule has 17 heavy (non-hydrogen) atoms. The number of amides is 1. The van der Waals surface area contributed by atoms with E-state index in [0.29, 0.717) is 12.4 Å². The average Bonchev–Trinajstić information content (AvgIpc) is 2.98. The zero-order valence-corrected chi connectivity index (χ0v) is 9.85. The van der Waals surface area contributed by atoms with Crippen molar-refractivity contribution in [2.75, 3.05) is 20.1 Å². The Morgan fingerprint density at radius 1 is 1.76 bits per heavy atom. The first kappa shape index (κ1) is 11.8. The summed E-state index contributed by atoms with van der Waals surface area (Å²) in [4.78, 5) is 17.5. The second-order valence-corrected chi connectivity index (χ2v) is 4.08. The molecule has 0 aromatic carbocycles. The highest BCUT2D eigenvalue weighted by Gasteiger charge is 2.25. The lowest BCUT2D eigenvalue weighted by atomic mass is 10.2. The highest BCUT2D eigenvalue weighted by molar-refractivity contribution is 5.90. The molecule has 2 rings (SSSR count). The Morgan fingerprint density at radius 2 is 2.59 bits per heavy atom. The van der Waals surface area contributed by atoms with Gasteiger partial charge in [0, 0.05) is 13.6 Å². The molecule has 0 saturated carbocycles. The van der Waals surface area contributed by atoms with Gasteiger partial charge in [0.25, 0.3) is 11.7 Å². The molecular weight excluding hydrogens is 220 g/mol. The van der Waals surface area contributed by atoms with Gasteiger partial charge in [-0.3, -0.25) is 4.79 Å². The molecule has 0 bridgehead atoms. The van der Waals surface area contributed by atoms with E-state index >= 15 is 0 Å². The quantitative estimate of drug-likeness (QED) is 0.781. The van der Waals surface area contributed by atoms with Crippen molar-refractivity contribution in [2.24, 2.45) is 0 Å². The van der Waals surface area contributed by atoms with Crippen molar-refractivity contribution in [2.45, 2.75) is 18.9 Å². The molecule has 0 aliphatic carbocycles. The average molecular weight is 236 g/mol. The summed E-state index contributed by atoms with van der Waals surface area (Å²) < 4.78 is 5.10. The summed E-state index contributed by atoms with van der Waals surface area (Å²) in [6.07, 6.45) is 3.71. The van der Waals surface area contributed by atoms with Crippen LogP contribution in [0.4, 0.5) is 0 Å². The van der Waals surface area contributed by atoms with E-state index in [0.717, 1.165) is 19.4 Å². The SMILES string of the molecule is C=CCN(C)C(=O)c1noc(C2CCCN2)n1. The van der Waals surface area contributed by atoms with Crippen LogP contribution in [0.5, 0.6) is 0 Å². The minimum absolute atomic E-state index is 0.0914. The van der Waals surface area contributed by atoms with Crippen LogP contribution in [0, 0.1) is 0 Å². The van der Waals surface area contributed by atoms with E-state index in [-0.39, 0.29) is 17.8 Å². The maximum absolute atomic E-state index is 11.8. The standard InChI is InChI=1S/C11H16N4O2/c1-3-7-15(2)11(16)9-13-10(17-14-9)8-5-4-6-12-8/h3,8,12H,1,4-7H2,2H3. The molecule has 1 fully saturated rings. The molecule has 1 aliphatic heterocycles. The molecule has 1 N–H and O–H groups in total. The van der Waals surface area contributed by atoms with E-state index in [1.807, 2.05) is 0 Å². The zero-order chi connectivity index (χ0) is 12.3. The van der Waals surface area contributed by atoms with Gasteiger partial charge in [0.05, 0.1) is 6.04 Å². The Bertz CT molecular complexity index is 409. The maximum atomic E-state index is 11.8. The third-order valence-electron chi connectivity index (χ3n) is 2.74. The molecule has 6 nitrogen and oxygen atoms in total. The van der Waals surface area contributed by atoms with Crippen LogP contribution in [0.3, 0.4) is 0 Å². The van der Waals surface area contributed by atoms with Crippen LogP contribution in [0.25, 0.3) is 0 Å². The van der Waals surface area contributed by atoms with Crippen LogP contribution in [-0.4, -0.2) is 41.1 Å². The van der Waals surface area contributed by atoms with E-state index in [2.05, 4.69) is 22.0 Å². The monoisotopic (exact) mass is 236 g/mol. The van der Waals surface area contributed by atoms with Crippen LogP contribution in [0.1, 0.15) is 35.4 Å². The molecule has 6 heteroatoms. The fourth-order valence-electron chi connectivity index (χ4n) is 1.81. The van der Waals surface area contributed by atoms with Gasteiger partial charge in [-0.05, 0) is 19.4 Å². The molecule has 1 aromatic rings. The Labute approximate surface area is 99.7 Å². The zero-order valence-electron chi connectivity index (χ0n) is 9.85. The molecule has 1 amide bonds. The molecule has 1 saturated heterocycles. The van der Waals surface area contributed by atoms with Crippen molar-refractivity contribution in [3.63, 3.8) is 0 Å². The molecule has 1 aliphatic rings. The second kappa shape index (κ2) is 5.09. The molecule has 2 heterocycles. The lowest BCUT2D eigenvalue weighted by Gasteiger charge is -2.11. The highest BCUT2D eigenvalue weighted by atomic mass is 16.5. The van der Waals surface area contributed by atoms with Gasteiger partial charge in [-0.1, -0.05) is 11.2 Å². The molecule has 1 aromatic heterocycles. The molecular formula is C11H16N4O2. The number of carbonyl (C=O) groups is 1. The van der Waals surface area contributed by atoms with Crippen LogP contribution in [-0.2, 0) is 0 Å². The largest absolute Gasteiger partial charge is 0.337 e. The molecule has 1 atom stereocenters. The minimum Gasteiger partial charge on any atom is -0.337 e. The summed E-state index contributed by atoms with van der Waals surface area (Å²) in [5.41, 5.74) is 0. The van der Waals surface area contributed by atoms with Gasteiger partial charge in [0.15, 0.2) is 0 Å².